The Bertz CT molecular complexity index is 6180. The molecule has 43 heteroatoms. The summed E-state index contributed by atoms with van der Waals surface area (Å²) in [7, 11) is 6.08. The summed E-state index contributed by atoms with van der Waals surface area (Å²) in [5.74, 6) is -9.09. The Kier molecular flexibility index (Phi) is 29.9. The molecular weight excluding hydrogens is 1890 g/mol. The molecule has 4 saturated heterocycles. The number of carbonyl (C=O) groups excluding carboxylic acids is 6. The van der Waals surface area contributed by atoms with Gasteiger partial charge < -0.3 is 124 Å². The van der Waals surface area contributed by atoms with E-state index in [-0.39, 0.29) is 180 Å². The molecule has 34 nitrogen and oxygen atoms in total. The molecule has 6 N–H and O–H groups in total. The fraction of sp³-hybridized carbons (Fsp3) is 0.367. The number of benzene rings is 5. The average Bonchev–Trinajstić information content (AvgIpc) is 1.49. The van der Waals surface area contributed by atoms with Crippen molar-refractivity contribution in [2.24, 2.45) is 5.73 Å². The second-order valence-corrected chi connectivity index (χ2v) is 32.9. The van der Waals surface area contributed by atoms with Crippen LogP contribution in [0, 0.1) is 45.1 Å². The van der Waals surface area contributed by atoms with Gasteiger partial charge in [0.2, 0.25) is 21.7 Å². The zero-order valence-electron chi connectivity index (χ0n) is 71.6. The van der Waals surface area contributed by atoms with Crippen LogP contribution >= 0.6 is 22.6 Å². The van der Waals surface area contributed by atoms with E-state index in [0.717, 1.165) is 40.7 Å². The quantitative estimate of drug-likeness (QED) is 0.0287. The van der Waals surface area contributed by atoms with Crippen molar-refractivity contribution in [2.45, 2.75) is 132 Å². The number of aromatic hydroxyl groups is 2. The van der Waals surface area contributed by atoms with Gasteiger partial charge in [-0.15, -0.1) is 0 Å². The van der Waals surface area contributed by atoms with Crippen LogP contribution in [0.4, 0.5) is 26.3 Å². The number of aromatic nitrogens is 4. The minimum atomic E-state index is -1.02. The number of hydrogen-bond acceptors (Lipinski definition) is 23. The summed E-state index contributed by atoms with van der Waals surface area (Å²) in [6, 6.07) is 28.9. The molecule has 6 amide bonds. The van der Waals surface area contributed by atoms with E-state index in [1.54, 1.807) is 24.0 Å². The van der Waals surface area contributed by atoms with Crippen molar-refractivity contribution < 1.29 is 149 Å². The topological polar surface area (TPSA) is 406 Å². The molecule has 12 aliphatic heterocycles. The molecule has 0 radical (unpaired) electrons. The summed E-state index contributed by atoms with van der Waals surface area (Å²) in [5, 5.41) is 26.1. The van der Waals surface area contributed by atoms with Gasteiger partial charge in [0.25, 0.3) is 35.4 Å². The Hall–Kier alpha value is -11.5. The van der Waals surface area contributed by atoms with Crippen LogP contribution < -0.4 is 78.8 Å². The van der Waals surface area contributed by atoms with E-state index in [1.165, 1.54) is 63.5 Å². The first-order valence-corrected chi connectivity index (χ1v) is 42.5. The van der Waals surface area contributed by atoms with Gasteiger partial charge in [0.15, 0.2) is 70.7 Å². The van der Waals surface area contributed by atoms with Gasteiger partial charge in [-0.05, 0) is 51.9 Å². The second kappa shape index (κ2) is 40.7. The predicted octanol–water partition coefficient (Wildman–Crippen LogP) is 2.15. The number of ether oxygens (including phenoxy) is 10. The number of nitrogens with one attached hydrogen (secondary N) is 2. The number of methoxy groups -OCH3 is 4. The second-order valence-electron chi connectivity index (χ2n) is 31.8. The molecule has 133 heavy (non-hydrogen) atoms. The number of amides is 6. The zero-order chi connectivity index (χ0) is 93.0. The molecule has 5 aromatic carbocycles. The van der Waals surface area contributed by atoms with Crippen molar-refractivity contribution in [3.8, 4) is 23.0 Å². The Labute approximate surface area is 784 Å². The zero-order valence-corrected chi connectivity index (χ0v) is 74.6. The number of halogens is 8. The van der Waals surface area contributed by atoms with Gasteiger partial charge in [-0.2, -0.15) is 0 Å². The third-order valence-corrected chi connectivity index (χ3v) is 25.9. The van der Waals surface area contributed by atoms with Crippen LogP contribution in [0.1, 0.15) is 188 Å². The fourth-order valence-corrected chi connectivity index (χ4v) is 19.8. The average molecular weight is 1970 g/mol. The van der Waals surface area contributed by atoms with Crippen molar-refractivity contribution in [1.29, 1.82) is 0 Å². The molecule has 12 unspecified atom stereocenters. The molecular formula is C90H84ClF6ILiN11O23. The third-order valence-electron chi connectivity index (χ3n) is 24.9. The number of carbonyl (C=O) groups is 6. The Morgan fingerprint density at radius 2 is 0.789 bits per heavy atom. The maximum Gasteiger partial charge on any atom is 1.00 e. The summed E-state index contributed by atoms with van der Waals surface area (Å²) in [6.45, 7) is 7.75. The molecule has 0 saturated carbocycles. The smallest absolute Gasteiger partial charge is 1.00 e. The van der Waals surface area contributed by atoms with Gasteiger partial charge >= 0.3 is 30.2 Å². The first-order chi connectivity index (χ1) is 63.2. The van der Waals surface area contributed by atoms with Gasteiger partial charge in [-0.1, -0.05) is 78.9 Å². The van der Waals surface area contributed by atoms with Crippen LogP contribution in [0.25, 0.3) is 0 Å². The van der Waals surface area contributed by atoms with Gasteiger partial charge in [0, 0.05) is 141 Å². The maximum absolute atomic E-state index is 13.9. The number of nitrogens with zero attached hydrogens (tertiary/aromatic N) is 8. The molecule has 16 heterocycles. The van der Waals surface area contributed by atoms with E-state index in [1.807, 2.05) is 92.4 Å². The van der Waals surface area contributed by atoms with Gasteiger partial charge in [0.05, 0.1) is 83.0 Å². The molecule has 4 aromatic heterocycles. The van der Waals surface area contributed by atoms with Crippen LogP contribution in [0.5, 0.6) is 23.0 Å². The van der Waals surface area contributed by atoms with E-state index >= 15 is 0 Å². The predicted molar refractivity (Wildman–Crippen MR) is 450 cm³/mol. The molecule has 12 aliphatic rings. The minimum absolute atomic E-state index is 0. The minimum Gasteiger partial charge on any atom is -1.00 e. The third kappa shape index (κ3) is 17.7. The number of pyridine rings is 4. The first kappa shape index (κ1) is 97.5. The monoisotopic (exact) mass is 1970 g/mol. The standard InChI is InChI=1S/2C21H19F2N3O6.C20H19IN2O5.C20H20N2O5.C7H7F2N.CO.ClH.Li/c2*1-31-13-7-12-21-25(4-5-32-21)20(30)16-18(28)17(27)14(15(13)26(12)16)19(29)24-8-9-2-3-10(22)6-11(9)23;1-26-13-9-12-20-22(7-8-27-20)19(25)16-18(17(24)14(21)15(13)23(12)16)28-10-11-5-3-2-4-6-11;1-25-16-10-14-20-21(7-8-26-20)19(24)17-18(15(23)9-13(16)22(14)17)27-11-12-5-3-2-4-6-12;8-6-2-1-5(4-10)7(9)3-6;1-2;;/h2*2-3,6,12-13,21,28H,4-5,7-8H2,1H3,(H,24,29);2-6,12-13,20H,7-10H2,1H3;2-6,9,14,16,20H,7-8,10-11H2,1H3;1-3H,4,10H2;;1H;/q;;;;;;;+1/p-1. The summed E-state index contributed by atoms with van der Waals surface area (Å²) in [6.07, 6.45) is -1.73. The van der Waals surface area contributed by atoms with Gasteiger partial charge in [-0.25, -0.2) is 26.3 Å². The summed E-state index contributed by atoms with van der Waals surface area (Å²) in [5.41, 5.74) is 6.08. The van der Waals surface area contributed by atoms with E-state index in [0.29, 0.717) is 111 Å². The van der Waals surface area contributed by atoms with Crippen LogP contribution in [-0.4, -0.2) is 189 Å². The molecule has 0 bridgehead atoms. The van der Waals surface area contributed by atoms with E-state index < -0.39 is 118 Å². The van der Waals surface area contributed by atoms with Crippen molar-refractivity contribution in [3.63, 3.8) is 0 Å². The van der Waals surface area contributed by atoms with Crippen LogP contribution in [0.15, 0.2) is 141 Å². The summed E-state index contributed by atoms with van der Waals surface area (Å²) < 4.78 is 151. The van der Waals surface area contributed by atoms with E-state index in [9.17, 15) is 84.5 Å². The molecule has 12 atom stereocenters. The Balaban J connectivity index is 0.000000136. The van der Waals surface area contributed by atoms with Crippen molar-refractivity contribution in [1.82, 2.24) is 48.5 Å². The number of nitrogens with two attached hydrogens (primary N) is 1. The van der Waals surface area contributed by atoms with Crippen LogP contribution in [0.3, 0.4) is 0 Å². The molecule has 0 spiro atoms. The Morgan fingerprint density at radius 1 is 0.459 bits per heavy atom. The van der Waals surface area contributed by atoms with Crippen molar-refractivity contribution >= 4 is 58.0 Å². The molecule has 9 aromatic rings. The van der Waals surface area contributed by atoms with Crippen LogP contribution in [0.2, 0.25) is 0 Å². The van der Waals surface area contributed by atoms with Gasteiger partial charge in [-0.3, -0.25) is 47.9 Å². The SMILES string of the molecule is COC1CC2C3OCCN3C(=O)c3c(O)c(=O)c(C(=O)NCc4ccc(F)cc4F)c1n32.COC1CC2C3OCCN3C(=O)c3c(O)c(=O)c(C(=O)NCc4ccc(F)cc4F)c1n32.COC1CC2C3OCCN3C(=O)c3c(OCc4ccccc4)c(=O)c(I)c1n32.COC1CC2C3OCCN3C(=O)c3c(OCc4ccccc4)c(=O)cc1n32.NCc1ccc(F)cc1F.[C-]#[O+].[Cl-].[Li+]. The fourth-order valence-electron chi connectivity index (χ4n) is 19.0. The largest absolute Gasteiger partial charge is 1.00 e. The Morgan fingerprint density at radius 3 is 1.16 bits per heavy atom. The van der Waals surface area contributed by atoms with E-state index in [4.69, 9.17) is 57.8 Å². The molecule has 4 fully saturated rings. The number of hydrogen-bond donors (Lipinski definition) is 5. The molecule has 694 valence electrons. The molecule has 21 rings (SSSR count). The van der Waals surface area contributed by atoms with E-state index in [2.05, 4.69) is 17.3 Å². The van der Waals surface area contributed by atoms with Crippen LogP contribution in [-0.2, 0) is 75.4 Å². The summed E-state index contributed by atoms with van der Waals surface area (Å²) >= 11 is 2.04. The normalized spacial score (nSPS) is 22.4. The number of fused-ring (bicyclic) bond motifs is 8. The summed E-state index contributed by atoms with van der Waals surface area (Å²) in [4.78, 5) is 137. The van der Waals surface area contributed by atoms with Gasteiger partial charge in [0.1, 0.15) is 77.6 Å². The molecule has 0 aliphatic carbocycles. The number of rotatable bonds is 17. The first-order valence-electron chi connectivity index (χ1n) is 41.4. The maximum atomic E-state index is 13.9. The van der Waals surface area contributed by atoms with Crippen molar-refractivity contribution in [3.05, 3.63) is 292 Å². The van der Waals surface area contributed by atoms with Crippen molar-refractivity contribution in [2.75, 3.05) is 81.0 Å².